The van der Waals surface area contributed by atoms with Crippen molar-refractivity contribution < 1.29 is 14.4 Å². The number of hydrogen-bond acceptors (Lipinski definition) is 3. The van der Waals surface area contributed by atoms with E-state index in [1.54, 1.807) is 29.2 Å². The van der Waals surface area contributed by atoms with Crippen LogP contribution >= 0.6 is 0 Å². The first kappa shape index (κ1) is 15.3. The molecule has 0 radical (unpaired) electrons. The molecule has 3 rings (SSSR count). The van der Waals surface area contributed by atoms with E-state index in [0.717, 1.165) is 0 Å². The van der Waals surface area contributed by atoms with Crippen LogP contribution in [0.2, 0.25) is 0 Å². The zero-order chi connectivity index (χ0) is 16.6. The molecule has 0 saturated carbocycles. The molecule has 0 aromatic heterocycles. The summed E-state index contributed by atoms with van der Waals surface area (Å²) < 4.78 is 0. The molecule has 1 unspecified atom stereocenters. The van der Waals surface area contributed by atoms with E-state index in [1.807, 2.05) is 13.0 Å². The summed E-state index contributed by atoms with van der Waals surface area (Å²) in [5, 5.41) is 2.68. The van der Waals surface area contributed by atoms with Gasteiger partial charge in [-0.1, -0.05) is 18.2 Å². The lowest BCUT2D eigenvalue weighted by Gasteiger charge is -2.48. The first-order valence-electron chi connectivity index (χ1n) is 7.60. The monoisotopic (exact) mass is 313 g/mol. The van der Waals surface area contributed by atoms with Gasteiger partial charge in [-0.15, -0.1) is 6.58 Å². The fourth-order valence-electron chi connectivity index (χ4n) is 3.33. The van der Waals surface area contributed by atoms with E-state index in [2.05, 4.69) is 11.9 Å². The van der Waals surface area contributed by atoms with Gasteiger partial charge in [0.25, 0.3) is 5.91 Å². The van der Waals surface area contributed by atoms with Gasteiger partial charge in [0.15, 0.2) is 0 Å². The third-order valence-corrected chi connectivity index (χ3v) is 4.49. The maximum Gasteiger partial charge on any atom is 0.258 e. The fraction of sp³-hybridized carbons (Fsp3) is 0.353. The van der Waals surface area contributed by atoms with Crippen molar-refractivity contribution in [1.82, 2.24) is 10.2 Å². The van der Waals surface area contributed by atoms with E-state index in [1.165, 1.54) is 4.90 Å². The fourth-order valence-corrected chi connectivity index (χ4v) is 3.33. The Bertz CT molecular complexity index is 700. The molecule has 3 amide bonds. The molecule has 2 heterocycles. The number of para-hydroxylation sites is 1. The molecule has 0 aliphatic carbocycles. The number of nitrogens with one attached hydrogen (secondary N) is 1. The zero-order valence-corrected chi connectivity index (χ0v) is 13.0. The van der Waals surface area contributed by atoms with Gasteiger partial charge < -0.3 is 10.2 Å². The van der Waals surface area contributed by atoms with Crippen molar-refractivity contribution in [2.45, 2.75) is 25.4 Å². The number of benzene rings is 1. The van der Waals surface area contributed by atoms with Crippen LogP contribution in [0, 0.1) is 0 Å². The Morgan fingerprint density at radius 2 is 2.13 bits per heavy atom. The van der Waals surface area contributed by atoms with Crippen molar-refractivity contribution in [2.75, 3.05) is 18.0 Å². The zero-order valence-electron chi connectivity index (χ0n) is 13.0. The maximum absolute atomic E-state index is 12.9. The van der Waals surface area contributed by atoms with Crippen molar-refractivity contribution in [3.05, 3.63) is 42.5 Å². The largest absolute Gasteiger partial charge is 0.351 e. The second-order valence-corrected chi connectivity index (χ2v) is 5.95. The molecule has 1 fully saturated rings. The highest BCUT2D eigenvalue weighted by atomic mass is 16.2. The second kappa shape index (κ2) is 5.53. The van der Waals surface area contributed by atoms with Crippen LogP contribution in [0.4, 0.5) is 5.69 Å². The average Bonchev–Trinajstić information content (AvgIpc) is 2.85. The molecular formula is C17H19N3O3. The highest BCUT2D eigenvalue weighted by Gasteiger charge is 2.53. The highest BCUT2D eigenvalue weighted by Crippen LogP contribution is 2.43. The molecule has 1 saturated heterocycles. The Morgan fingerprint density at radius 3 is 2.87 bits per heavy atom. The van der Waals surface area contributed by atoms with Crippen LogP contribution in [-0.4, -0.2) is 41.4 Å². The average molecular weight is 313 g/mol. The van der Waals surface area contributed by atoms with Gasteiger partial charge in [0.2, 0.25) is 11.8 Å². The Labute approximate surface area is 134 Å². The van der Waals surface area contributed by atoms with Gasteiger partial charge in [0.1, 0.15) is 12.2 Å². The van der Waals surface area contributed by atoms with E-state index in [4.69, 9.17) is 0 Å². The molecule has 2 aliphatic heterocycles. The molecular weight excluding hydrogens is 294 g/mol. The normalized spacial score (nSPS) is 22.7. The summed E-state index contributed by atoms with van der Waals surface area (Å²) in [6.45, 7) is 5.65. The van der Waals surface area contributed by atoms with E-state index in [-0.39, 0.29) is 24.3 Å². The van der Waals surface area contributed by atoms with Crippen molar-refractivity contribution in [3.63, 3.8) is 0 Å². The molecule has 1 aromatic carbocycles. The number of nitrogens with zero attached hydrogens (tertiary/aromatic N) is 2. The maximum atomic E-state index is 12.9. The standard InChI is InChI=1S/C17H19N3O3/c1-3-10-18-14(21)11-19-16(23)12-6-4-5-7-13(12)20-15(22)8-9-17(19,20)2/h3-7H,1,8-11H2,2H3,(H,18,21). The molecule has 1 atom stereocenters. The summed E-state index contributed by atoms with van der Waals surface area (Å²) in [5.74, 6) is -0.509. The summed E-state index contributed by atoms with van der Waals surface area (Å²) in [5.41, 5.74) is 0.288. The number of amides is 3. The Morgan fingerprint density at radius 1 is 1.39 bits per heavy atom. The van der Waals surface area contributed by atoms with Gasteiger partial charge in [-0.3, -0.25) is 19.3 Å². The van der Waals surface area contributed by atoms with Crippen molar-refractivity contribution in [1.29, 1.82) is 0 Å². The quantitative estimate of drug-likeness (QED) is 0.852. The SMILES string of the molecule is C=CCNC(=O)CN1C(=O)c2ccccc2N2C(=O)CCC12C. The summed E-state index contributed by atoms with van der Waals surface area (Å²) >= 11 is 0. The van der Waals surface area contributed by atoms with Gasteiger partial charge in [-0.05, 0) is 25.5 Å². The molecule has 1 N–H and O–H groups in total. The number of anilines is 1. The molecule has 2 aliphatic rings. The lowest BCUT2D eigenvalue weighted by molar-refractivity contribution is -0.123. The lowest BCUT2D eigenvalue weighted by Crippen LogP contribution is -2.63. The number of carbonyl (C=O) groups excluding carboxylic acids is 3. The summed E-state index contributed by atoms with van der Waals surface area (Å²) in [6, 6.07) is 7.04. The van der Waals surface area contributed by atoms with Crippen LogP contribution in [0.15, 0.2) is 36.9 Å². The Kier molecular flexibility index (Phi) is 3.67. The summed E-state index contributed by atoms with van der Waals surface area (Å²) in [7, 11) is 0. The third kappa shape index (κ3) is 2.30. The number of fused-ring (bicyclic) bond motifs is 3. The molecule has 6 heteroatoms. The first-order valence-corrected chi connectivity index (χ1v) is 7.60. The van der Waals surface area contributed by atoms with E-state index in [0.29, 0.717) is 30.6 Å². The molecule has 23 heavy (non-hydrogen) atoms. The first-order chi connectivity index (χ1) is 11.0. The van der Waals surface area contributed by atoms with Gasteiger partial charge >= 0.3 is 0 Å². The van der Waals surface area contributed by atoms with Crippen LogP contribution < -0.4 is 10.2 Å². The van der Waals surface area contributed by atoms with Crippen molar-refractivity contribution in [3.8, 4) is 0 Å². The highest BCUT2D eigenvalue weighted by molar-refractivity contribution is 6.11. The van der Waals surface area contributed by atoms with Crippen LogP contribution in [0.1, 0.15) is 30.1 Å². The minimum atomic E-state index is -0.798. The van der Waals surface area contributed by atoms with Crippen LogP contribution in [-0.2, 0) is 9.59 Å². The molecule has 0 spiro atoms. The van der Waals surface area contributed by atoms with Crippen LogP contribution in [0.5, 0.6) is 0 Å². The summed E-state index contributed by atoms with van der Waals surface area (Å²) in [6.07, 6.45) is 2.46. The third-order valence-electron chi connectivity index (χ3n) is 4.49. The lowest BCUT2D eigenvalue weighted by atomic mass is 9.98. The molecule has 6 nitrogen and oxygen atoms in total. The van der Waals surface area contributed by atoms with Crippen molar-refractivity contribution >= 4 is 23.4 Å². The summed E-state index contributed by atoms with van der Waals surface area (Å²) in [4.78, 5) is 40.5. The second-order valence-electron chi connectivity index (χ2n) is 5.95. The number of hydrogen-bond donors (Lipinski definition) is 1. The molecule has 0 bridgehead atoms. The molecule has 120 valence electrons. The Hall–Kier alpha value is -2.63. The Balaban J connectivity index is 2.00. The van der Waals surface area contributed by atoms with Gasteiger partial charge in [0, 0.05) is 13.0 Å². The minimum absolute atomic E-state index is 0.0241. The predicted molar refractivity (Wildman–Crippen MR) is 85.8 cm³/mol. The minimum Gasteiger partial charge on any atom is -0.351 e. The van der Waals surface area contributed by atoms with Gasteiger partial charge in [-0.25, -0.2) is 0 Å². The topological polar surface area (TPSA) is 69.7 Å². The smallest absolute Gasteiger partial charge is 0.258 e. The van der Waals surface area contributed by atoms with Crippen LogP contribution in [0.3, 0.4) is 0 Å². The van der Waals surface area contributed by atoms with Crippen LogP contribution in [0.25, 0.3) is 0 Å². The number of carbonyl (C=O) groups is 3. The molecule has 1 aromatic rings. The number of rotatable bonds is 4. The van der Waals surface area contributed by atoms with Gasteiger partial charge in [0.05, 0.1) is 11.3 Å². The van der Waals surface area contributed by atoms with Crippen molar-refractivity contribution in [2.24, 2.45) is 0 Å². The van der Waals surface area contributed by atoms with E-state index < -0.39 is 5.66 Å². The van der Waals surface area contributed by atoms with Gasteiger partial charge in [-0.2, -0.15) is 0 Å². The predicted octanol–water partition coefficient (Wildman–Crippen LogP) is 1.29. The van der Waals surface area contributed by atoms with E-state index in [9.17, 15) is 14.4 Å². The van der Waals surface area contributed by atoms with E-state index >= 15 is 0 Å².